The Morgan fingerprint density at radius 2 is 1.67 bits per heavy atom. The number of aliphatic hydroxyl groups excluding tert-OH is 2. The lowest BCUT2D eigenvalue weighted by atomic mass is 9.42. The number of rotatable bonds is 12. The summed E-state index contributed by atoms with van der Waals surface area (Å²) in [7, 11) is 0. The summed E-state index contributed by atoms with van der Waals surface area (Å²) < 4.78 is 5.92. The van der Waals surface area contributed by atoms with E-state index >= 15 is 0 Å². The molecule has 0 bridgehead atoms. The summed E-state index contributed by atoms with van der Waals surface area (Å²) in [4.78, 5) is 35.5. The molecule has 0 saturated heterocycles. The van der Waals surface area contributed by atoms with E-state index in [9.17, 15) is 34.8 Å². The molecule has 0 heterocycles. The lowest BCUT2D eigenvalue weighted by Gasteiger charge is -2.63. The van der Waals surface area contributed by atoms with E-state index < -0.39 is 59.9 Å². The number of ether oxygens (including phenoxy) is 1. The second-order valence-electron chi connectivity index (χ2n) is 16.6. The Balaban J connectivity index is 1.58. The van der Waals surface area contributed by atoms with Crippen LogP contribution in [0.3, 0.4) is 0 Å². The number of carboxylic acid groups (broad SMARTS) is 2. The maximum Gasteiger partial charge on any atom is 0.310 e. The number of esters is 1. The van der Waals surface area contributed by atoms with Gasteiger partial charge < -0.3 is 30.3 Å². The number of carbonyl (C=O) groups is 3. The topological polar surface area (TPSA) is 162 Å². The molecule has 4 rings (SSSR count). The minimum atomic E-state index is -1.73. The minimum Gasteiger partial charge on any atom is -0.481 e. The summed E-state index contributed by atoms with van der Waals surface area (Å²) in [6, 6.07) is 0. The molecule has 2 fully saturated rings. The molecule has 5 N–H and O–H groups in total. The average Bonchev–Trinajstić information content (AvgIpc) is 3.24. The molecule has 9 nitrogen and oxygen atoms in total. The lowest BCUT2D eigenvalue weighted by Crippen LogP contribution is -2.60. The molecule has 0 amide bonds. The molecule has 4 aliphatic carbocycles. The van der Waals surface area contributed by atoms with Crippen LogP contribution in [-0.4, -0.2) is 67.9 Å². The maximum atomic E-state index is 12.9. The van der Waals surface area contributed by atoms with Gasteiger partial charge >= 0.3 is 17.9 Å². The Hall–Kier alpha value is -2.23. The summed E-state index contributed by atoms with van der Waals surface area (Å²) >= 11 is 0. The molecule has 46 heavy (non-hydrogen) atoms. The molecule has 2 saturated carbocycles. The molecule has 1 unspecified atom stereocenters. The minimum absolute atomic E-state index is 0.00773. The van der Waals surface area contributed by atoms with E-state index in [1.165, 1.54) is 18.1 Å². The molecule has 0 aliphatic heterocycles. The normalized spacial score (nSPS) is 39.7. The first-order valence-corrected chi connectivity index (χ1v) is 17.2. The van der Waals surface area contributed by atoms with Crippen LogP contribution in [0, 0.1) is 45.3 Å². The van der Waals surface area contributed by atoms with Crippen molar-refractivity contribution in [1.82, 2.24) is 0 Å². The highest BCUT2D eigenvalue weighted by Gasteiger charge is 2.67. The van der Waals surface area contributed by atoms with Crippen LogP contribution in [0.4, 0.5) is 0 Å². The van der Waals surface area contributed by atoms with Crippen LogP contribution in [0.1, 0.15) is 119 Å². The van der Waals surface area contributed by atoms with Crippen LogP contribution in [0.2, 0.25) is 0 Å². The number of hydrogen-bond donors (Lipinski definition) is 5. The number of aliphatic hydroxyl groups is 3. The van der Waals surface area contributed by atoms with Crippen LogP contribution in [0.25, 0.3) is 0 Å². The van der Waals surface area contributed by atoms with Gasteiger partial charge in [0.05, 0.1) is 37.1 Å². The zero-order valence-corrected chi connectivity index (χ0v) is 29.0. The number of hydrogen-bond acceptors (Lipinski definition) is 7. The van der Waals surface area contributed by atoms with Crippen molar-refractivity contribution in [3.05, 3.63) is 23.3 Å². The predicted octanol–water partition coefficient (Wildman–Crippen LogP) is 5.90. The fourth-order valence-corrected chi connectivity index (χ4v) is 10.8. The van der Waals surface area contributed by atoms with Crippen molar-refractivity contribution in [2.24, 2.45) is 45.3 Å². The van der Waals surface area contributed by atoms with Crippen molar-refractivity contribution in [2.45, 2.75) is 137 Å². The van der Waals surface area contributed by atoms with Gasteiger partial charge in [0.15, 0.2) is 0 Å². The number of fused-ring (bicyclic) bond motifs is 4. The monoisotopic (exact) mass is 646 g/mol. The smallest absolute Gasteiger partial charge is 0.310 e. The highest BCUT2D eigenvalue weighted by molar-refractivity contribution is 5.74. The van der Waals surface area contributed by atoms with Crippen LogP contribution in [0.5, 0.6) is 0 Å². The molecular formula is C37H58O9. The average molecular weight is 647 g/mol. The molecule has 0 radical (unpaired) electrons. The van der Waals surface area contributed by atoms with Crippen LogP contribution < -0.4 is 0 Å². The van der Waals surface area contributed by atoms with Gasteiger partial charge in [-0.05, 0) is 100 Å². The third-order valence-corrected chi connectivity index (χ3v) is 13.9. The van der Waals surface area contributed by atoms with Crippen LogP contribution in [-0.2, 0) is 19.1 Å². The largest absolute Gasteiger partial charge is 0.481 e. The van der Waals surface area contributed by atoms with Crippen LogP contribution in [0.15, 0.2) is 23.3 Å². The first-order chi connectivity index (χ1) is 21.2. The SMILES string of the molecule is C=C(CC[C@@H](C)[C@H]1CC[C@@]2(C)C3=C(C[C@H](O)[C@]12C)[C@@]1(C)CC[C@@H](OC(=O)C[C@@](C)(O)CC(=O)O)[C@](C)(CO)C1CC3)[C@H](C)C(=O)O. The van der Waals surface area contributed by atoms with Gasteiger partial charge in [0, 0.05) is 10.8 Å². The third kappa shape index (κ3) is 5.98. The Labute approximate surface area is 274 Å². The Kier molecular flexibility index (Phi) is 10.1. The van der Waals surface area contributed by atoms with Crippen molar-refractivity contribution in [2.75, 3.05) is 6.61 Å². The summed E-state index contributed by atoms with van der Waals surface area (Å²) in [5.74, 6) is -2.69. The molecule has 9 heteroatoms. The van der Waals surface area contributed by atoms with E-state index in [-0.39, 0.29) is 34.7 Å². The van der Waals surface area contributed by atoms with E-state index in [4.69, 9.17) is 9.84 Å². The van der Waals surface area contributed by atoms with E-state index in [1.807, 2.05) is 6.92 Å². The lowest BCUT2D eigenvalue weighted by molar-refractivity contribution is -0.183. The highest BCUT2D eigenvalue weighted by atomic mass is 16.5. The third-order valence-electron chi connectivity index (χ3n) is 13.9. The Morgan fingerprint density at radius 3 is 2.26 bits per heavy atom. The van der Waals surface area contributed by atoms with E-state index in [0.717, 1.165) is 44.1 Å². The zero-order valence-electron chi connectivity index (χ0n) is 29.0. The molecular weight excluding hydrogens is 588 g/mol. The molecule has 260 valence electrons. The second kappa shape index (κ2) is 12.7. The summed E-state index contributed by atoms with van der Waals surface area (Å²) in [6.07, 6.45) is 4.86. The molecule has 4 aliphatic rings. The quantitative estimate of drug-likeness (QED) is 0.128. The standard InChI is InChI=1S/C37H58O9/c1-21(23(3)32(43)44)9-10-22(2)24-13-16-36(7)25-11-12-27-34(5,26(25)17-28(39)37(24,36)8)15-14-29(35(27,6)20-38)46-31(42)19-33(4,45)18-30(40)41/h22-24,27-29,38-39,45H,1,9-20H2,2-8H3,(H,40,41)(H,43,44)/t22-,23+,24-,27?,28+,29-,33+,34-,35-,36+,37+/m1/s1. The van der Waals surface area contributed by atoms with Crippen molar-refractivity contribution in [1.29, 1.82) is 0 Å². The van der Waals surface area contributed by atoms with Crippen molar-refractivity contribution < 1.29 is 44.7 Å². The van der Waals surface area contributed by atoms with E-state index in [1.54, 1.807) is 6.92 Å². The van der Waals surface area contributed by atoms with Gasteiger partial charge in [-0.2, -0.15) is 0 Å². The number of carboxylic acids is 2. The highest BCUT2D eigenvalue weighted by Crippen LogP contribution is 2.72. The van der Waals surface area contributed by atoms with Gasteiger partial charge in [-0.25, -0.2) is 0 Å². The molecule has 0 aromatic rings. The Morgan fingerprint density at radius 1 is 1.02 bits per heavy atom. The van der Waals surface area contributed by atoms with Gasteiger partial charge in [-0.15, -0.1) is 0 Å². The van der Waals surface area contributed by atoms with E-state index in [2.05, 4.69) is 34.3 Å². The van der Waals surface area contributed by atoms with Gasteiger partial charge in [0.1, 0.15) is 6.10 Å². The zero-order chi connectivity index (χ0) is 34.6. The van der Waals surface area contributed by atoms with E-state index in [0.29, 0.717) is 25.2 Å². The Bertz CT molecular complexity index is 1270. The van der Waals surface area contributed by atoms with Gasteiger partial charge in [0.2, 0.25) is 0 Å². The number of carbonyl (C=O) groups excluding carboxylic acids is 1. The molecule has 11 atom stereocenters. The fraction of sp³-hybridized carbons (Fsp3) is 0.811. The summed E-state index contributed by atoms with van der Waals surface area (Å²) in [6.45, 7) is 18.0. The van der Waals surface area contributed by atoms with Gasteiger partial charge in [-0.1, -0.05) is 57.9 Å². The van der Waals surface area contributed by atoms with Crippen molar-refractivity contribution in [3.63, 3.8) is 0 Å². The first-order valence-electron chi connectivity index (χ1n) is 17.2. The van der Waals surface area contributed by atoms with Crippen molar-refractivity contribution in [3.8, 4) is 0 Å². The van der Waals surface area contributed by atoms with Gasteiger partial charge in [0.25, 0.3) is 0 Å². The summed E-state index contributed by atoms with van der Waals surface area (Å²) in [5, 5.41) is 51.9. The molecule has 0 aromatic carbocycles. The fourth-order valence-electron chi connectivity index (χ4n) is 10.8. The second-order valence-corrected chi connectivity index (χ2v) is 16.6. The number of aliphatic carboxylic acids is 2. The maximum absolute atomic E-state index is 12.9. The van der Waals surface area contributed by atoms with Crippen molar-refractivity contribution >= 4 is 17.9 Å². The first kappa shape index (κ1) is 36.6. The predicted molar refractivity (Wildman–Crippen MR) is 174 cm³/mol. The molecule has 0 aromatic heterocycles. The molecule has 0 spiro atoms. The number of allylic oxidation sites excluding steroid dienone is 1. The van der Waals surface area contributed by atoms with Crippen LogP contribution >= 0.6 is 0 Å². The summed E-state index contributed by atoms with van der Waals surface area (Å²) in [5.41, 5.74) is 0.233. The van der Waals surface area contributed by atoms with Gasteiger partial charge in [-0.3, -0.25) is 14.4 Å².